The Morgan fingerprint density at radius 3 is 2.27 bits per heavy atom. The van der Waals surface area contributed by atoms with Gasteiger partial charge in [0.05, 0.1) is 0 Å². The molecule has 0 bridgehead atoms. The molecule has 0 unspecified atom stereocenters. The summed E-state index contributed by atoms with van der Waals surface area (Å²) in [4.78, 5) is 0. The van der Waals surface area contributed by atoms with E-state index in [1.807, 2.05) is 10.8 Å². The molecule has 0 spiro atoms. The molecule has 0 radical (unpaired) electrons. The first kappa shape index (κ1) is 10.9. The fourth-order valence-electron chi connectivity index (χ4n) is 0.821. The van der Waals surface area contributed by atoms with Crippen molar-refractivity contribution in [2.75, 3.05) is 0 Å². The third-order valence-electron chi connectivity index (χ3n) is 1.00. The summed E-state index contributed by atoms with van der Waals surface area (Å²) < 4.78 is 1.96. The summed E-state index contributed by atoms with van der Waals surface area (Å²) in [6, 6.07) is 0. The van der Waals surface area contributed by atoms with Crippen LogP contribution >= 0.6 is 0 Å². The molecule has 0 N–H and O–H groups in total. The van der Waals surface area contributed by atoms with Crippen molar-refractivity contribution in [3.63, 3.8) is 0 Å². The summed E-state index contributed by atoms with van der Waals surface area (Å²) in [6.07, 6.45) is 7.42. The Hall–Kier alpha value is -0.0656. The maximum absolute atomic E-state index is 3.36. The normalized spacial score (nSPS) is 13.9. The van der Waals surface area contributed by atoms with Crippen LogP contribution in [0.5, 0.6) is 0 Å². The summed E-state index contributed by atoms with van der Waals surface area (Å²) in [7, 11) is 0. The van der Waals surface area contributed by atoms with E-state index in [-0.39, 0.29) is 5.41 Å². The number of hydrogen-bond donors (Lipinski definition) is 0. The molecule has 1 heteroatoms. The van der Waals surface area contributed by atoms with Gasteiger partial charge in [0.2, 0.25) is 0 Å². The van der Waals surface area contributed by atoms with E-state index in [2.05, 4.69) is 56.8 Å². The van der Waals surface area contributed by atoms with Crippen molar-refractivity contribution in [1.29, 1.82) is 0 Å². The molecule has 0 atom stereocenters. The molecule has 0 aromatic rings. The van der Waals surface area contributed by atoms with Crippen molar-refractivity contribution in [2.24, 2.45) is 5.41 Å². The Bertz CT molecular complexity index is 180. The van der Waals surface area contributed by atoms with Crippen LogP contribution in [0.25, 0.3) is 0 Å². The number of rotatable bonds is 2. The zero-order valence-corrected chi connectivity index (χ0v) is 9.08. The summed E-state index contributed by atoms with van der Waals surface area (Å²) >= 11 is 2.41. The minimum absolute atomic E-state index is 0.164. The molecule has 0 aliphatic heterocycles. The van der Waals surface area contributed by atoms with Crippen molar-refractivity contribution in [3.05, 3.63) is 23.8 Å². The molecule has 0 saturated carbocycles. The predicted molar refractivity (Wildman–Crippen MR) is 47.1 cm³/mol. The van der Waals surface area contributed by atoms with Crippen LogP contribution in [0.3, 0.4) is 0 Å². The Morgan fingerprint density at radius 1 is 1.36 bits per heavy atom. The molecule has 11 heavy (non-hydrogen) atoms. The van der Waals surface area contributed by atoms with Gasteiger partial charge in [0, 0.05) is 0 Å². The molecular formula is C10H15V-. The quantitative estimate of drug-likeness (QED) is 0.459. The molecule has 0 aromatic carbocycles. The Morgan fingerprint density at radius 2 is 1.91 bits per heavy atom. The maximum atomic E-state index is 3.36. The van der Waals surface area contributed by atoms with Gasteiger partial charge < -0.3 is 0 Å². The fourth-order valence-corrected chi connectivity index (χ4v) is 0.955. The van der Waals surface area contributed by atoms with Crippen LogP contribution in [0, 0.1) is 11.5 Å². The average molecular weight is 186 g/mol. The van der Waals surface area contributed by atoms with E-state index in [0.717, 1.165) is 0 Å². The summed E-state index contributed by atoms with van der Waals surface area (Å²) in [5, 5.41) is 0. The van der Waals surface area contributed by atoms with Crippen LogP contribution < -0.4 is 0 Å². The van der Waals surface area contributed by atoms with Crippen molar-refractivity contribution >= 4 is 4.73 Å². The van der Waals surface area contributed by atoms with Gasteiger partial charge in [0.1, 0.15) is 0 Å². The second kappa shape index (κ2) is 4.74. The monoisotopic (exact) mass is 186 g/mol. The van der Waals surface area contributed by atoms with E-state index in [1.54, 1.807) is 0 Å². The molecule has 0 fully saturated rings. The van der Waals surface area contributed by atoms with Gasteiger partial charge in [0.15, 0.2) is 0 Å². The summed E-state index contributed by atoms with van der Waals surface area (Å²) in [6.45, 7) is 8.51. The van der Waals surface area contributed by atoms with Crippen LogP contribution in [0.1, 0.15) is 27.7 Å². The molecule has 0 aromatic heterocycles. The van der Waals surface area contributed by atoms with Crippen LogP contribution in [0.4, 0.5) is 0 Å². The van der Waals surface area contributed by atoms with Crippen LogP contribution in [-0.4, -0.2) is 4.73 Å². The Balaban J connectivity index is 4.22. The van der Waals surface area contributed by atoms with E-state index in [0.29, 0.717) is 0 Å². The first-order valence-electron chi connectivity index (χ1n) is 3.71. The molecule has 0 heterocycles. The molecule has 0 aliphatic carbocycles. The van der Waals surface area contributed by atoms with Crippen LogP contribution in [0.15, 0.2) is 17.7 Å². The van der Waals surface area contributed by atoms with E-state index < -0.39 is 0 Å². The van der Waals surface area contributed by atoms with Gasteiger partial charge in [-0.05, 0) is 0 Å². The topological polar surface area (TPSA) is 0 Å². The Kier molecular flexibility index (Phi) is 4.71. The molecular weight excluding hydrogens is 171 g/mol. The van der Waals surface area contributed by atoms with Gasteiger partial charge >= 0.3 is 78.6 Å². The standard InChI is InChI=1S/C10H15.V/c1-6-7-9(2)8-10(3,4)5;/h1,6-7H,2-5H3;/q-1;. The number of allylic oxidation sites excluding steroid dienone is 4. The summed E-state index contributed by atoms with van der Waals surface area (Å²) in [5.41, 5.74) is 1.36. The molecule has 0 amide bonds. The van der Waals surface area contributed by atoms with E-state index in [1.165, 1.54) is 5.57 Å². The number of hydrogen-bond acceptors (Lipinski definition) is 0. The van der Waals surface area contributed by atoms with Gasteiger partial charge in [-0.1, -0.05) is 0 Å². The molecule has 0 nitrogen and oxygen atoms in total. The van der Waals surface area contributed by atoms with Crippen molar-refractivity contribution < 1.29 is 17.0 Å². The Labute approximate surface area is 78.9 Å². The van der Waals surface area contributed by atoms with E-state index >= 15 is 0 Å². The predicted octanol–water partition coefficient (Wildman–Crippen LogP) is 2.69. The third kappa shape index (κ3) is 7.84. The van der Waals surface area contributed by atoms with Gasteiger partial charge in [-0.15, -0.1) is 0 Å². The second-order valence-corrected chi connectivity index (χ2v) is 4.03. The molecule has 0 aliphatic rings. The van der Waals surface area contributed by atoms with Gasteiger partial charge in [-0.25, -0.2) is 0 Å². The summed E-state index contributed by atoms with van der Waals surface area (Å²) in [5.74, 6) is 0. The first-order valence-corrected chi connectivity index (χ1v) is 4.52. The molecule has 61 valence electrons. The average Bonchev–Trinajstić information content (AvgIpc) is 1.79. The van der Waals surface area contributed by atoms with E-state index in [4.69, 9.17) is 0 Å². The van der Waals surface area contributed by atoms with E-state index in [9.17, 15) is 0 Å². The SMILES string of the molecule is CC(=[C-]C(C)(C)C)C=C[CH]=[V]. The third-order valence-corrected chi connectivity index (χ3v) is 1.27. The second-order valence-electron chi connectivity index (χ2n) is 3.57. The molecule has 0 saturated heterocycles. The fraction of sp³-hybridized carbons (Fsp3) is 0.500. The molecule has 0 rings (SSSR count). The van der Waals surface area contributed by atoms with Gasteiger partial charge in [-0.3, -0.25) is 0 Å². The van der Waals surface area contributed by atoms with Gasteiger partial charge in [0.25, 0.3) is 0 Å². The van der Waals surface area contributed by atoms with Crippen molar-refractivity contribution in [1.82, 2.24) is 0 Å². The van der Waals surface area contributed by atoms with Crippen LogP contribution in [0.2, 0.25) is 0 Å². The van der Waals surface area contributed by atoms with Crippen molar-refractivity contribution in [3.8, 4) is 0 Å². The zero-order valence-electron chi connectivity index (χ0n) is 7.68. The first-order chi connectivity index (χ1) is 4.95. The zero-order chi connectivity index (χ0) is 8.91. The minimum atomic E-state index is 0.164. The van der Waals surface area contributed by atoms with Crippen LogP contribution in [-0.2, 0) is 17.0 Å². The van der Waals surface area contributed by atoms with Gasteiger partial charge in [-0.2, -0.15) is 0 Å². The van der Waals surface area contributed by atoms with Crippen molar-refractivity contribution in [2.45, 2.75) is 27.7 Å².